The van der Waals surface area contributed by atoms with Gasteiger partial charge < -0.3 is 14.2 Å². The Kier molecular flexibility index (Phi) is 12.8. The lowest BCUT2D eigenvalue weighted by Gasteiger charge is -2.29. The molecule has 0 saturated heterocycles. The Morgan fingerprint density at radius 3 is 1.64 bits per heavy atom. The maximum Gasteiger partial charge on any atom is 0.338 e. The molecule has 0 aromatic heterocycles. The van der Waals surface area contributed by atoms with Gasteiger partial charge in [0.2, 0.25) is 0 Å². The van der Waals surface area contributed by atoms with Crippen molar-refractivity contribution in [2.75, 3.05) is 12.9 Å². The van der Waals surface area contributed by atoms with Crippen LogP contribution in [-0.4, -0.2) is 63.8 Å². The summed E-state index contributed by atoms with van der Waals surface area (Å²) < 4.78 is 47.2. The Bertz CT molecular complexity index is 2300. The van der Waals surface area contributed by atoms with E-state index in [4.69, 9.17) is 18.4 Å². The van der Waals surface area contributed by atoms with Crippen LogP contribution in [0.3, 0.4) is 0 Å². The number of allylic oxidation sites excluding steroid dienone is 2. The monoisotopic (exact) mass is 770 g/mol. The fraction of sp³-hybridized carbons (Fsp3) is 0.156. The van der Waals surface area contributed by atoms with Gasteiger partial charge in [-0.2, -0.15) is 8.42 Å². The Morgan fingerprint density at radius 2 is 1.16 bits per heavy atom. The summed E-state index contributed by atoms with van der Waals surface area (Å²) in [6.45, 7) is -0.803. The number of aldehydes is 1. The van der Waals surface area contributed by atoms with Crippen molar-refractivity contribution in [3.63, 3.8) is 0 Å². The van der Waals surface area contributed by atoms with Gasteiger partial charge in [-0.1, -0.05) is 133 Å². The molecule has 5 aromatic rings. The minimum absolute atomic E-state index is 0.0111. The van der Waals surface area contributed by atoms with E-state index in [9.17, 15) is 27.6 Å². The van der Waals surface area contributed by atoms with Crippen LogP contribution in [0.15, 0.2) is 163 Å². The van der Waals surface area contributed by atoms with E-state index in [0.29, 0.717) is 6.42 Å². The van der Waals surface area contributed by atoms with Gasteiger partial charge in [0.25, 0.3) is 10.1 Å². The topological polar surface area (TPSA) is 139 Å². The Balaban J connectivity index is 1.24. The molecule has 0 heterocycles. The predicted molar refractivity (Wildman–Crippen MR) is 210 cm³/mol. The van der Waals surface area contributed by atoms with Crippen LogP contribution < -0.4 is 0 Å². The molecule has 1 aliphatic rings. The van der Waals surface area contributed by atoms with Gasteiger partial charge >= 0.3 is 17.9 Å². The van der Waals surface area contributed by atoms with E-state index in [2.05, 4.69) is 0 Å². The molecule has 11 heteroatoms. The third-order valence-electron chi connectivity index (χ3n) is 9.01. The van der Waals surface area contributed by atoms with Crippen molar-refractivity contribution in [2.24, 2.45) is 0 Å². The molecule has 10 nitrogen and oxygen atoms in total. The predicted octanol–water partition coefficient (Wildman–Crippen LogP) is 7.53. The molecular formula is C45H38O10S. The number of carbonyl (C=O) groups is 4. The molecule has 0 bridgehead atoms. The zero-order chi connectivity index (χ0) is 39.5. The van der Waals surface area contributed by atoms with Crippen LogP contribution in [0.1, 0.15) is 38.6 Å². The summed E-state index contributed by atoms with van der Waals surface area (Å²) in [6, 6.07) is 41.5. The minimum atomic E-state index is -4.34. The van der Waals surface area contributed by atoms with Crippen molar-refractivity contribution < 1.29 is 46.0 Å². The molecule has 0 radical (unpaired) electrons. The highest BCUT2D eigenvalue weighted by atomic mass is 32.2. The summed E-state index contributed by atoms with van der Waals surface area (Å²) in [5.74, 6) is -2.76. The van der Waals surface area contributed by atoms with E-state index in [1.807, 2.05) is 97.1 Å². The molecule has 1 aliphatic carbocycles. The van der Waals surface area contributed by atoms with Crippen LogP contribution in [0.5, 0.6) is 0 Å². The smallest absolute Gasteiger partial charge is 0.338 e. The number of carbonyl (C=O) groups excluding carboxylic acids is 4. The number of rotatable bonds is 15. The van der Waals surface area contributed by atoms with E-state index in [0.717, 1.165) is 34.1 Å². The average Bonchev–Trinajstić information content (AvgIpc) is 3.24. The highest BCUT2D eigenvalue weighted by molar-refractivity contribution is 7.86. The van der Waals surface area contributed by atoms with Crippen molar-refractivity contribution in [3.8, 4) is 22.3 Å². The second-order valence-electron chi connectivity index (χ2n) is 13.0. The first kappa shape index (κ1) is 39.3. The van der Waals surface area contributed by atoms with Gasteiger partial charge in [-0.25, -0.2) is 14.4 Å². The fourth-order valence-electron chi connectivity index (χ4n) is 6.13. The van der Waals surface area contributed by atoms with Crippen molar-refractivity contribution in [2.45, 2.75) is 30.7 Å². The number of benzene rings is 5. The molecule has 0 spiro atoms. The molecule has 0 amide bonds. The Labute approximate surface area is 325 Å². The van der Waals surface area contributed by atoms with Crippen molar-refractivity contribution in [3.05, 3.63) is 180 Å². The molecule has 0 saturated carbocycles. The average molecular weight is 771 g/mol. The number of hydrogen-bond acceptors (Lipinski definition) is 10. The molecule has 0 aliphatic heterocycles. The Morgan fingerprint density at radius 1 is 0.661 bits per heavy atom. The van der Waals surface area contributed by atoms with Gasteiger partial charge in [-0.3, -0.25) is 8.98 Å². The van der Waals surface area contributed by atoms with Gasteiger partial charge in [-0.15, -0.1) is 0 Å². The van der Waals surface area contributed by atoms with Gasteiger partial charge in [0.1, 0.15) is 6.61 Å². The molecule has 6 rings (SSSR count). The normalized spacial score (nSPS) is 15.4. The quantitative estimate of drug-likeness (QED) is 0.0454. The number of esters is 3. The van der Waals surface area contributed by atoms with Gasteiger partial charge in [0.05, 0.1) is 23.0 Å². The van der Waals surface area contributed by atoms with Crippen LogP contribution in [0.2, 0.25) is 0 Å². The maximum atomic E-state index is 13.7. The minimum Gasteiger partial charge on any atom is -0.459 e. The zero-order valence-corrected chi connectivity index (χ0v) is 31.1. The largest absolute Gasteiger partial charge is 0.459 e. The first-order chi connectivity index (χ1) is 27.1. The molecule has 5 aromatic carbocycles. The summed E-state index contributed by atoms with van der Waals surface area (Å²) in [7, 11) is -4.34. The second kappa shape index (κ2) is 18.3. The van der Waals surface area contributed by atoms with Gasteiger partial charge in [0.15, 0.2) is 24.6 Å². The third-order valence-corrected chi connectivity index (χ3v) is 9.60. The van der Waals surface area contributed by atoms with Crippen molar-refractivity contribution in [1.29, 1.82) is 0 Å². The molecule has 56 heavy (non-hydrogen) atoms. The van der Waals surface area contributed by atoms with Crippen LogP contribution in [0.4, 0.5) is 0 Å². The molecule has 1 unspecified atom stereocenters. The molecule has 0 fully saturated rings. The van der Waals surface area contributed by atoms with Crippen LogP contribution in [-0.2, 0) is 38.1 Å². The molecular weight excluding hydrogens is 733 g/mol. The number of ether oxygens (including phenoxy) is 3. The van der Waals surface area contributed by atoms with E-state index in [1.54, 1.807) is 36.4 Å². The Hall–Kier alpha value is -6.43. The van der Waals surface area contributed by atoms with Gasteiger partial charge in [0, 0.05) is 5.92 Å². The maximum absolute atomic E-state index is 13.7. The molecule has 4 atom stereocenters. The lowest BCUT2D eigenvalue weighted by molar-refractivity contribution is -0.161. The first-order valence-electron chi connectivity index (χ1n) is 17.7. The van der Waals surface area contributed by atoms with E-state index in [1.165, 1.54) is 24.3 Å². The SMILES string of the molecule is CS(=O)(=O)O[C@@H](COC(=O)c1ccc(-c2ccccc2)cc1)[C@H](OC(=O)C1=CCC(c2ccccc2)C=C1)[C@H](C=O)OC(=O)c1ccc(-c2ccccc2)cc1. The molecule has 0 N–H and O–H groups in total. The summed E-state index contributed by atoms with van der Waals surface area (Å²) >= 11 is 0. The summed E-state index contributed by atoms with van der Waals surface area (Å²) in [5.41, 5.74) is 4.86. The summed E-state index contributed by atoms with van der Waals surface area (Å²) in [4.78, 5) is 53.0. The summed E-state index contributed by atoms with van der Waals surface area (Å²) in [5, 5.41) is 0. The standard InChI is InChI=1S/C45H38O10S/c1-56(50,51)55-41(30-52-43(47)37-23-17-34(18-24-37)31-11-5-2-6-12-31)42(54-45(49)39-27-21-36(22-28-39)33-15-9-4-10-16-33)40(29-46)53-44(48)38-25-19-35(20-26-38)32-13-7-3-8-14-32/h2-21,23-29,36,40-42H,22,30H2,1H3/t36?,40-,41-,42+/m0/s1. The lowest BCUT2D eigenvalue weighted by Crippen LogP contribution is -2.48. The van der Waals surface area contributed by atoms with Crippen molar-refractivity contribution in [1.82, 2.24) is 0 Å². The van der Waals surface area contributed by atoms with E-state index in [-0.39, 0.29) is 28.9 Å². The van der Waals surface area contributed by atoms with Crippen LogP contribution >= 0.6 is 0 Å². The fourth-order valence-corrected chi connectivity index (χ4v) is 6.75. The van der Waals surface area contributed by atoms with Gasteiger partial charge in [-0.05, 0) is 58.5 Å². The van der Waals surface area contributed by atoms with Crippen molar-refractivity contribution >= 4 is 34.3 Å². The summed E-state index contributed by atoms with van der Waals surface area (Å²) in [6.07, 6.45) is 0.856. The highest BCUT2D eigenvalue weighted by Crippen LogP contribution is 2.28. The number of hydrogen-bond donors (Lipinski definition) is 0. The van der Waals surface area contributed by atoms with E-state index < -0.39 is 52.9 Å². The lowest BCUT2D eigenvalue weighted by atomic mass is 9.90. The zero-order valence-electron chi connectivity index (χ0n) is 30.3. The van der Waals surface area contributed by atoms with E-state index >= 15 is 0 Å². The van der Waals surface area contributed by atoms with Crippen LogP contribution in [0.25, 0.3) is 22.3 Å². The third kappa shape index (κ3) is 10.4. The van der Waals surface area contributed by atoms with Crippen LogP contribution in [0, 0.1) is 0 Å². The highest BCUT2D eigenvalue weighted by Gasteiger charge is 2.40. The molecule has 284 valence electrons. The second-order valence-corrected chi connectivity index (χ2v) is 14.6. The first-order valence-corrected chi connectivity index (χ1v) is 19.6.